The molecule has 0 saturated carbocycles. The largest absolute Gasteiger partial charge is 0.457 e. The van der Waals surface area contributed by atoms with E-state index in [1.807, 2.05) is 48.5 Å². The maximum atomic E-state index is 13.2. The van der Waals surface area contributed by atoms with Crippen LogP contribution in [0.5, 0.6) is 11.5 Å². The van der Waals surface area contributed by atoms with Crippen LogP contribution in [0, 0.1) is 0 Å². The average molecular weight is 400 g/mol. The first-order valence-electron chi connectivity index (χ1n) is 10.3. The minimum atomic E-state index is -0.376. The maximum Gasteiger partial charge on any atom is 0.232 e. The summed E-state index contributed by atoms with van der Waals surface area (Å²) >= 11 is 0. The molecule has 0 radical (unpaired) electrons. The van der Waals surface area contributed by atoms with Crippen LogP contribution in [-0.2, 0) is 16.1 Å². The van der Waals surface area contributed by atoms with Crippen LogP contribution < -0.4 is 15.0 Å². The molecule has 0 aromatic heterocycles. The number of anilines is 1. The molecule has 152 valence electrons. The Labute approximate surface area is 176 Å². The maximum absolute atomic E-state index is 13.2. The fourth-order valence-electron chi connectivity index (χ4n) is 4.13. The monoisotopic (exact) mass is 400 g/mol. The molecular weight excluding hydrogens is 376 g/mol. The Hall–Kier alpha value is -3.31. The van der Waals surface area contributed by atoms with Crippen LogP contribution in [0.1, 0.15) is 22.6 Å². The van der Waals surface area contributed by atoms with E-state index in [1.54, 1.807) is 0 Å². The summed E-state index contributed by atoms with van der Waals surface area (Å²) in [5.41, 5.74) is 4.07. The molecule has 3 aromatic rings. The molecule has 1 N–H and O–H groups in total. The predicted octanol–water partition coefficient (Wildman–Crippen LogP) is 4.08. The lowest BCUT2D eigenvalue weighted by Crippen LogP contribution is -2.36. The third kappa shape index (κ3) is 3.64. The number of para-hydroxylation sites is 2. The zero-order valence-corrected chi connectivity index (χ0v) is 16.7. The van der Waals surface area contributed by atoms with Gasteiger partial charge in [0.2, 0.25) is 5.91 Å². The molecule has 1 fully saturated rings. The molecule has 3 aromatic carbocycles. The topological polar surface area (TPSA) is 50.8 Å². The molecule has 2 heterocycles. The summed E-state index contributed by atoms with van der Waals surface area (Å²) in [6, 6.07) is 23.9. The summed E-state index contributed by atoms with van der Waals surface area (Å²) in [6.45, 7) is 3.86. The normalized spacial score (nSPS) is 15.7. The molecule has 0 unspecified atom stereocenters. The second-order valence-electron chi connectivity index (χ2n) is 7.59. The quantitative estimate of drug-likeness (QED) is 0.717. The van der Waals surface area contributed by atoms with Gasteiger partial charge in [-0.15, -0.1) is 0 Å². The summed E-state index contributed by atoms with van der Waals surface area (Å²) in [4.78, 5) is 15.5. The summed E-state index contributed by atoms with van der Waals surface area (Å²) in [5.74, 6) is 1.09. The lowest BCUT2D eigenvalue weighted by atomic mass is 9.87. The molecule has 2 aliphatic heterocycles. The van der Waals surface area contributed by atoms with Gasteiger partial charge >= 0.3 is 0 Å². The number of benzene rings is 3. The molecule has 5 rings (SSSR count). The SMILES string of the molecule is O=C(NCc1ccc(N2CCOCC2)cc1)C1c2ccccc2Oc2ccccc21. The number of rotatable bonds is 4. The Morgan fingerprint density at radius 2 is 1.47 bits per heavy atom. The van der Waals surface area contributed by atoms with Gasteiger partial charge in [0.25, 0.3) is 0 Å². The van der Waals surface area contributed by atoms with Gasteiger partial charge in [-0.2, -0.15) is 0 Å². The van der Waals surface area contributed by atoms with Crippen molar-refractivity contribution in [2.24, 2.45) is 0 Å². The Kier molecular flexibility index (Phi) is 5.11. The molecule has 1 saturated heterocycles. The van der Waals surface area contributed by atoms with E-state index in [1.165, 1.54) is 5.69 Å². The molecule has 1 amide bonds. The summed E-state index contributed by atoms with van der Waals surface area (Å²) in [5, 5.41) is 3.12. The fraction of sp³-hybridized carbons (Fsp3) is 0.240. The second-order valence-corrected chi connectivity index (χ2v) is 7.59. The van der Waals surface area contributed by atoms with Crippen molar-refractivity contribution < 1.29 is 14.3 Å². The van der Waals surface area contributed by atoms with E-state index in [-0.39, 0.29) is 11.8 Å². The molecule has 5 nitrogen and oxygen atoms in total. The van der Waals surface area contributed by atoms with Gasteiger partial charge in [0.05, 0.1) is 19.1 Å². The molecule has 0 spiro atoms. The second kappa shape index (κ2) is 8.20. The van der Waals surface area contributed by atoms with Crippen molar-refractivity contribution in [1.82, 2.24) is 5.32 Å². The van der Waals surface area contributed by atoms with Crippen molar-refractivity contribution in [2.45, 2.75) is 12.5 Å². The number of carbonyl (C=O) groups is 1. The minimum absolute atomic E-state index is 0.0181. The summed E-state index contributed by atoms with van der Waals surface area (Å²) in [7, 11) is 0. The van der Waals surface area contributed by atoms with E-state index in [4.69, 9.17) is 9.47 Å². The van der Waals surface area contributed by atoms with Crippen molar-refractivity contribution in [3.8, 4) is 11.5 Å². The van der Waals surface area contributed by atoms with Gasteiger partial charge < -0.3 is 19.7 Å². The molecule has 30 heavy (non-hydrogen) atoms. The highest BCUT2D eigenvalue weighted by Gasteiger charge is 2.32. The molecule has 0 atom stereocenters. The van der Waals surface area contributed by atoms with Crippen LogP contribution in [0.2, 0.25) is 0 Å². The molecular formula is C25H24N2O3. The van der Waals surface area contributed by atoms with Crippen molar-refractivity contribution in [1.29, 1.82) is 0 Å². The zero-order valence-electron chi connectivity index (χ0n) is 16.7. The Balaban J connectivity index is 1.31. The third-order valence-corrected chi connectivity index (χ3v) is 5.72. The van der Waals surface area contributed by atoms with E-state index in [9.17, 15) is 4.79 Å². The molecule has 0 aliphatic carbocycles. The van der Waals surface area contributed by atoms with E-state index in [0.29, 0.717) is 6.54 Å². The summed E-state index contributed by atoms with van der Waals surface area (Å²) < 4.78 is 11.4. The Morgan fingerprint density at radius 1 is 0.867 bits per heavy atom. The number of hydrogen-bond donors (Lipinski definition) is 1. The highest BCUT2D eigenvalue weighted by molar-refractivity contribution is 5.89. The number of carbonyl (C=O) groups excluding carboxylic acids is 1. The van der Waals surface area contributed by atoms with Crippen LogP contribution >= 0.6 is 0 Å². The van der Waals surface area contributed by atoms with Crippen LogP contribution in [0.15, 0.2) is 72.8 Å². The smallest absolute Gasteiger partial charge is 0.232 e. The number of nitrogens with zero attached hydrogens (tertiary/aromatic N) is 1. The van der Waals surface area contributed by atoms with Crippen molar-refractivity contribution in [2.75, 3.05) is 31.2 Å². The van der Waals surface area contributed by atoms with E-state index in [2.05, 4.69) is 34.5 Å². The summed E-state index contributed by atoms with van der Waals surface area (Å²) in [6.07, 6.45) is 0. The van der Waals surface area contributed by atoms with Crippen LogP contribution in [0.25, 0.3) is 0 Å². The number of nitrogens with one attached hydrogen (secondary N) is 1. The van der Waals surface area contributed by atoms with Gasteiger partial charge in [-0.25, -0.2) is 0 Å². The Bertz CT molecular complexity index is 997. The average Bonchev–Trinajstić information content (AvgIpc) is 2.82. The highest BCUT2D eigenvalue weighted by Crippen LogP contribution is 2.43. The lowest BCUT2D eigenvalue weighted by Gasteiger charge is -2.29. The van der Waals surface area contributed by atoms with Crippen LogP contribution in [0.4, 0.5) is 5.69 Å². The van der Waals surface area contributed by atoms with Crippen molar-refractivity contribution >= 4 is 11.6 Å². The number of fused-ring (bicyclic) bond motifs is 2. The van der Waals surface area contributed by atoms with Gasteiger partial charge in [0.15, 0.2) is 0 Å². The van der Waals surface area contributed by atoms with E-state index >= 15 is 0 Å². The van der Waals surface area contributed by atoms with E-state index in [0.717, 1.165) is 54.5 Å². The van der Waals surface area contributed by atoms with Crippen LogP contribution in [0.3, 0.4) is 0 Å². The number of amides is 1. The molecule has 2 aliphatic rings. The van der Waals surface area contributed by atoms with Gasteiger partial charge in [0, 0.05) is 36.4 Å². The molecule has 0 bridgehead atoms. The van der Waals surface area contributed by atoms with Crippen molar-refractivity contribution in [3.63, 3.8) is 0 Å². The predicted molar refractivity (Wildman–Crippen MR) is 116 cm³/mol. The lowest BCUT2D eigenvalue weighted by molar-refractivity contribution is -0.122. The van der Waals surface area contributed by atoms with Crippen molar-refractivity contribution in [3.05, 3.63) is 89.5 Å². The van der Waals surface area contributed by atoms with Gasteiger partial charge in [-0.3, -0.25) is 4.79 Å². The first-order valence-corrected chi connectivity index (χ1v) is 10.3. The van der Waals surface area contributed by atoms with E-state index < -0.39 is 0 Å². The number of hydrogen-bond acceptors (Lipinski definition) is 4. The highest BCUT2D eigenvalue weighted by atomic mass is 16.5. The van der Waals surface area contributed by atoms with Crippen LogP contribution in [-0.4, -0.2) is 32.2 Å². The van der Waals surface area contributed by atoms with Gasteiger partial charge in [0.1, 0.15) is 11.5 Å². The minimum Gasteiger partial charge on any atom is -0.457 e. The Morgan fingerprint density at radius 3 is 2.10 bits per heavy atom. The van der Waals surface area contributed by atoms with Gasteiger partial charge in [-0.1, -0.05) is 48.5 Å². The fourth-order valence-corrected chi connectivity index (χ4v) is 4.13. The standard InChI is InChI=1S/C25H24N2O3/c28-25(26-17-18-9-11-19(12-10-18)27-13-15-29-16-14-27)24-20-5-1-3-7-22(20)30-23-8-4-2-6-21(23)24/h1-12,24H,13-17H2,(H,26,28). The van der Waals surface area contributed by atoms with Gasteiger partial charge in [-0.05, 0) is 29.8 Å². The first-order chi connectivity index (χ1) is 14.8. The third-order valence-electron chi connectivity index (χ3n) is 5.72. The number of morpholine rings is 1. The number of ether oxygens (including phenoxy) is 2. The first kappa shape index (κ1) is 18.7. The molecule has 5 heteroatoms. The zero-order chi connectivity index (χ0) is 20.3.